The van der Waals surface area contributed by atoms with Gasteiger partial charge in [-0.1, -0.05) is 19.9 Å². The number of carbonyl (C=O) groups excluding carboxylic acids is 1. The monoisotopic (exact) mass is 443 g/mol. The molecule has 0 saturated heterocycles. The summed E-state index contributed by atoms with van der Waals surface area (Å²) in [5.41, 5.74) is 7.78. The molecule has 0 radical (unpaired) electrons. The molecule has 6 nitrogen and oxygen atoms in total. The van der Waals surface area contributed by atoms with Crippen LogP contribution in [-0.4, -0.2) is 29.5 Å². The molecule has 0 unspecified atom stereocenters. The Morgan fingerprint density at radius 2 is 1.75 bits per heavy atom. The number of ketones is 1. The molecule has 7 heteroatoms. The maximum Gasteiger partial charge on any atom is 0.163 e. The number of aromatic nitrogens is 5. The summed E-state index contributed by atoms with van der Waals surface area (Å²) in [4.78, 5) is 26.4. The van der Waals surface area contributed by atoms with Crippen LogP contribution in [0.5, 0.6) is 0 Å². The molecule has 0 fully saturated rings. The van der Waals surface area contributed by atoms with E-state index >= 15 is 0 Å². The van der Waals surface area contributed by atoms with E-state index in [1.807, 2.05) is 50.4 Å². The number of benzene rings is 1. The minimum atomic E-state index is 0.0527. The molecule has 162 valence electrons. The highest BCUT2D eigenvalue weighted by atomic mass is 32.1. The molecule has 0 spiro atoms. The fourth-order valence-corrected chi connectivity index (χ4v) is 4.13. The van der Waals surface area contributed by atoms with E-state index in [4.69, 9.17) is 0 Å². The van der Waals surface area contributed by atoms with Crippen molar-refractivity contribution in [1.29, 1.82) is 0 Å². The van der Waals surface area contributed by atoms with Gasteiger partial charge in [-0.2, -0.15) is 8.75 Å². The number of hydrogen-bond acceptors (Lipinski definition) is 7. The fourth-order valence-electron chi connectivity index (χ4n) is 3.42. The van der Waals surface area contributed by atoms with Gasteiger partial charge in [0.05, 0.1) is 34.5 Å². The topological polar surface area (TPSA) is 81.5 Å². The maximum atomic E-state index is 13.2. The summed E-state index contributed by atoms with van der Waals surface area (Å²) in [6.07, 6.45) is 6.20. The van der Waals surface area contributed by atoms with Gasteiger partial charge in [0.15, 0.2) is 5.78 Å². The zero-order valence-corrected chi connectivity index (χ0v) is 19.5. The van der Waals surface area contributed by atoms with Gasteiger partial charge in [0.1, 0.15) is 5.69 Å². The zero-order valence-electron chi connectivity index (χ0n) is 18.7. The Bertz CT molecular complexity index is 1230. The molecule has 0 saturated carbocycles. The highest BCUT2D eigenvalue weighted by Gasteiger charge is 2.18. The van der Waals surface area contributed by atoms with E-state index in [2.05, 4.69) is 37.5 Å². The summed E-state index contributed by atoms with van der Waals surface area (Å²) >= 11 is 1.20. The number of rotatable bonds is 7. The predicted octanol–water partition coefficient (Wildman–Crippen LogP) is 5.61. The first-order valence-corrected chi connectivity index (χ1v) is 11.4. The van der Waals surface area contributed by atoms with Crippen molar-refractivity contribution < 1.29 is 4.79 Å². The first-order chi connectivity index (χ1) is 15.4. The molecular weight excluding hydrogens is 418 g/mol. The van der Waals surface area contributed by atoms with Crippen molar-refractivity contribution in [3.63, 3.8) is 0 Å². The minimum Gasteiger partial charge on any atom is -0.294 e. The lowest BCUT2D eigenvalue weighted by molar-refractivity contribution is 0.0982. The fraction of sp³-hybridized carbons (Fsp3) is 0.280. The summed E-state index contributed by atoms with van der Waals surface area (Å²) in [6.45, 7) is 8.10. The number of aryl methyl sites for hydroxylation is 3. The average Bonchev–Trinajstić information content (AvgIpc) is 3.29. The summed E-state index contributed by atoms with van der Waals surface area (Å²) in [6, 6.07) is 9.88. The van der Waals surface area contributed by atoms with Gasteiger partial charge < -0.3 is 0 Å². The number of nitrogens with zero attached hydrogens (tertiary/aromatic N) is 5. The van der Waals surface area contributed by atoms with Crippen molar-refractivity contribution in [2.75, 3.05) is 0 Å². The first kappa shape index (κ1) is 21.9. The Morgan fingerprint density at radius 1 is 0.938 bits per heavy atom. The molecule has 32 heavy (non-hydrogen) atoms. The maximum absolute atomic E-state index is 13.2. The zero-order chi connectivity index (χ0) is 22.7. The molecule has 0 aliphatic carbocycles. The van der Waals surface area contributed by atoms with Crippen LogP contribution in [0.2, 0.25) is 0 Å². The van der Waals surface area contributed by atoms with Gasteiger partial charge >= 0.3 is 0 Å². The highest BCUT2D eigenvalue weighted by molar-refractivity contribution is 6.99. The second-order valence-corrected chi connectivity index (χ2v) is 8.77. The third-order valence-electron chi connectivity index (χ3n) is 5.24. The molecule has 0 N–H and O–H groups in total. The van der Waals surface area contributed by atoms with E-state index in [-0.39, 0.29) is 11.7 Å². The van der Waals surface area contributed by atoms with Gasteiger partial charge in [0.2, 0.25) is 0 Å². The smallest absolute Gasteiger partial charge is 0.163 e. The van der Waals surface area contributed by atoms with Crippen LogP contribution in [0, 0.1) is 13.8 Å². The Balaban J connectivity index is 1.71. The number of carbonyl (C=O) groups is 1. The van der Waals surface area contributed by atoms with Gasteiger partial charge in [-0.3, -0.25) is 19.7 Å². The van der Waals surface area contributed by atoms with E-state index < -0.39 is 0 Å². The lowest BCUT2D eigenvalue weighted by Gasteiger charge is -2.10. The standard InChI is InChI=1S/C25H25N5OS/c1-15(2)24-25(30-32-29-24)20-10-18(22-7-5-16(3)12-28-22)9-19(11-20)23(31)8-6-21-14-26-17(4)13-27-21/h5,7,9-15H,6,8H2,1-4H3. The molecule has 4 rings (SSSR count). The molecular formula is C25H25N5OS. The molecule has 0 aliphatic heterocycles. The molecule has 0 bridgehead atoms. The molecule has 0 aliphatic rings. The number of hydrogen-bond donors (Lipinski definition) is 0. The highest BCUT2D eigenvalue weighted by Crippen LogP contribution is 2.32. The van der Waals surface area contributed by atoms with Crippen molar-refractivity contribution in [3.8, 4) is 22.5 Å². The lowest BCUT2D eigenvalue weighted by Crippen LogP contribution is -2.04. The van der Waals surface area contributed by atoms with E-state index in [0.717, 1.165) is 45.2 Å². The second kappa shape index (κ2) is 9.44. The molecule has 3 heterocycles. The molecule has 3 aromatic heterocycles. The predicted molar refractivity (Wildman–Crippen MR) is 127 cm³/mol. The Morgan fingerprint density at radius 3 is 2.44 bits per heavy atom. The summed E-state index contributed by atoms with van der Waals surface area (Å²) < 4.78 is 9.02. The van der Waals surface area contributed by atoms with Gasteiger partial charge in [-0.05, 0) is 56.0 Å². The minimum absolute atomic E-state index is 0.0527. The summed E-state index contributed by atoms with van der Waals surface area (Å²) in [7, 11) is 0. The van der Waals surface area contributed by atoms with Crippen molar-refractivity contribution in [3.05, 3.63) is 77.1 Å². The second-order valence-electron chi connectivity index (χ2n) is 8.24. The van der Waals surface area contributed by atoms with Crippen LogP contribution in [0.25, 0.3) is 22.5 Å². The van der Waals surface area contributed by atoms with Crippen LogP contribution >= 0.6 is 11.7 Å². The third-order valence-corrected chi connectivity index (χ3v) is 5.78. The van der Waals surface area contributed by atoms with Crippen LogP contribution in [0.1, 0.15) is 59.2 Å². The lowest BCUT2D eigenvalue weighted by atomic mass is 9.95. The van der Waals surface area contributed by atoms with Crippen molar-refractivity contribution >= 4 is 17.5 Å². The summed E-state index contributed by atoms with van der Waals surface area (Å²) in [5.74, 6) is 0.293. The van der Waals surface area contributed by atoms with Crippen LogP contribution in [0.4, 0.5) is 0 Å². The quantitative estimate of drug-likeness (QED) is 0.345. The number of pyridine rings is 1. The van der Waals surface area contributed by atoms with Crippen LogP contribution in [-0.2, 0) is 6.42 Å². The van der Waals surface area contributed by atoms with Gasteiger partial charge in [-0.25, -0.2) is 0 Å². The molecule has 4 aromatic rings. The van der Waals surface area contributed by atoms with E-state index in [0.29, 0.717) is 18.4 Å². The van der Waals surface area contributed by atoms with Crippen LogP contribution in [0.3, 0.4) is 0 Å². The van der Waals surface area contributed by atoms with Crippen LogP contribution in [0.15, 0.2) is 48.9 Å². The first-order valence-electron chi connectivity index (χ1n) is 10.6. The Hall–Kier alpha value is -3.32. The van der Waals surface area contributed by atoms with E-state index in [9.17, 15) is 4.79 Å². The average molecular weight is 444 g/mol. The third kappa shape index (κ3) is 4.94. The molecule has 0 amide bonds. The Kier molecular flexibility index (Phi) is 6.46. The van der Waals surface area contributed by atoms with E-state index in [1.165, 1.54) is 11.7 Å². The molecule has 1 aromatic carbocycles. The van der Waals surface area contributed by atoms with Gasteiger partial charge in [-0.15, -0.1) is 0 Å². The Labute approximate surface area is 192 Å². The van der Waals surface area contributed by atoms with Crippen LogP contribution < -0.4 is 0 Å². The summed E-state index contributed by atoms with van der Waals surface area (Å²) in [5, 5.41) is 0. The normalized spacial score (nSPS) is 11.2. The van der Waals surface area contributed by atoms with Gasteiger partial charge in [0.25, 0.3) is 0 Å². The number of Topliss-reactive ketones (excluding diaryl/α,β-unsaturated/α-hetero) is 1. The van der Waals surface area contributed by atoms with Crippen molar-refractivity contribution in [2.24, 2.45) is 0 Å². The SMILES string of the molecule is Cc1ccc(-c2cc(C(=O)CCc3cnc(C)cn3)cc(-c3nsnc3C(C)C)c2)nc1. The van der Waals surface area contributed by atoms with Crippen molar-refractivity contribution in [1.82, 2.24) is 23.7 Å². The van der Waals surface area contributed by atoms with E-state index in [1.54, 1.807) is 12.4 Å². The van der Waals surface area contributed by atoms with Gasteiger partial charge in [0, 0.05) is 41.7 Å². The van der Waals surface area contributed by atoms with Crippen molar-refractivity contribution in [2.45, 2.75) is 46.5 Å². The largest absolute Gasteiger partial charge is 0.294 e. The molecule has 0 atom stereocenters.